The third-order valence-electron chi connectivity index (χ3n) is 5.45. The number of cyclic esters (lactones) is 1. The largest absolute Gasteiger partial charge is 0.510 e. The predicted molar refractivity (Wildman–Crippen MR) is 119 cm³/mol. The maximum atomic E-state index is 13.3. The van der Waals surface area contributed by atoms with Crippen LogP contribution in [-0.4, -0.2) is 80.1 Å². The molecule has 2 fully saturated rings. The van der Waals surface area contributed by atoms with Gasteiger partial charge in [0.05, 0.1) is 19.0 Å². The van der Waals surface area contributed by atoms with Gasteiger partial charge in [0.15, 0.2) is 23.8 Å². The number of nitrogens with zero attached hydrogens (tertiary/aromatic N) is 4. The van der Waals surface area contributed by atoms with Crippen LogP contribution in [0.2, 0.25) is 0 Å². The number of hydrogen-bond acceptors (Lipinski definition) is 14. The maximum absolute atomic E-state index is 13.3. The van der Waals surface area contributed by atoms with Crippen molar-refractivity contribution in [1.82, 2.24) is 24.6 Å². The number of nitrogens with two attached hydrogens (primary N) is 1. The van der Waals surface area contributed by atoms with Gasteiger partial charge in [-0.1, -0.05) is 0 Å². The first-order chi connectivity index (χ1) is 16.9. The highest BCUT2D eigenvalue weighted by molar-refractivity contribution is 7.51. The number of anilines is 1. The van der Waals surface area contributed by atoms with E-state index in [1.165, 1.54) is 31.1 Å². The number of carbonyl (C=O) groups excluding carboxylic acids is 2. The van der Waals surface area contributed by atoms with Gasteiger partial charge in [0, 0.05) is 0 Å². The molecule has 0 spiro atoms. The first kappa shape index (κ1) is 26.2. The Bertz CT molecular complexity index is 1190. The molecule has 0 radical (unpaired) electrons. The lowest BCUT2D eigenvalue weighted by atomic mass is 9.96. The number of aromatic nitrogens is 4. The van der Waals surface area contributed by atoms with E-state index in [4.69, 9.17) is 33.7 Å². The van der Waals surface area contributed by atoms with Crippen LogP contribution in [0.25, 0.3) is 11.2 Å². The van der Waals surface area contributed by atoms with Crippen LogP contribution in [-0.2, 0) is 37.4 Å². The second-order valence-corrected chi connectivity index (χ2v) is 10.4. The van der Waals surface area contributed by atoms with Crippen LogP contribution in [0.3, 0.4) is 0 Å². The minimum absolute atomic E-state index is 0.118. The molecule has 2 saturated heterocycles. The maximum Gasteiger partial charge on any atom is 0.510 e. The Hall–Kier alpha value is -2.88. The van der Waals surface area contributed by atoms with E-state index in [1.807, 2.05) is 0 Å². The SMILES string of the molecule is CC(C)OC(=O)C(C)NP1(=O)OCOC(=O)OC2[C@@H](CO1)O[C@@H](n1cnc3c(N)ncnc31)[C@@]2(C)O. The fourth-order valence-electron chi connectivity index (χ4n) is 3.79. The lowest BCUT2D eigenvalue weighted by Crippen LogP contribution is -2.47. The third kappa shape index (κ3) is 5.14. The Morgan fingerprint density at radius 1 is 1.33 bits per heavy atom. The van der Waals surface area contributed by atoms with E-state index in [1.54, 1.807) is 13.8 Å². The van der Waals surface area contributed by atoms with Crippen LogP contribution < -0.4 is 10.8 Å². The summed E-state index contributed by atoms with van der Waals surface area (Å²) in [6.45, 7) is 4.80. The standard InChI is InChI=1S/C19H27N6O10P/c1-9(2)33-16(26)10(3)24-36(29)31-5-11-13(35-18(27)30-8-32-36)19(4,28)17(34-11)25-7-23-12-14(20)21-6-22-15(12)25/h6-7,9-11,13,17,28H,5,8H2,1-4H3,(H,24,29)(H2,20,21,22)/t10?,11-,13?,17-,19+,36?/m1/s1. The highest BCUT2D eigenvalue weighted by Gasteiger charge is 2.57. The molecule has 2 aliphatic rings. The summed E-state index contributed by atoms with van der Waals surface area (Å²) in [5, 5.41) is 13.8. The van der Waals surface area contributed by atoms with Crippen molar-refractivity contribution in [2.24, 2.45) is 0 Å². The number of fused-ring (bicyclic) bond motifs is 2. The van der Waals surface area contributed by atoms with E-state index in [9.17, 15) is 19.3 Å². The summed E-state index contributed by atoms with van der Waals surface area (Å²) in [6.07, 6.45) is -2.72. The van der Waals surface area contributed by atoms with Crippen LogP contribution in [0, 0.1) is 0 Å². The second kappa shape index (κ2) is 9.88. The molecule has 2 aliphatic heterocycles. The van der Waals surface area contributed by atoms with Crippen LogP contribution in [0.1, 0.15) is 33.9 Å². The van der Waals surface area contributed by atoms with Crippen molar-refractivity contribution in [2.45, 2.75) is 63.9 Å². The molecular weight excluding hydrogens is 503 g/mol. The van der Waals surface area contributed by atoms with Crippen molar-refractivity contribution >= 4 is 36.9 Å². The third-order valence-corrected chi connectivity index (χ3v) is 7.08. The molecule has 2 aromatic rings. The van der Waals surface area contributed by atoms with Gasteiger partial charge in [0.1, 0.15) is 29.6 Å². The molecule has 16 nitrogen and oxygen atoms in total. The number of hydrogen-bond donors (Lipinski definition) is 3. The van der Waals surface area contributed by atoms with Gasteiger partial charge in [-0.15, -0.1) is 0 Å². The van der Waals surface area contributed by atoms with Crippen molar-refractivity contribution in [3.63, 3.8) is 0 Å². The zero-order valence-corrected chi connectivity index (χ0v) is 20.8. The molecule has 6 atom stereocenters. The minimum atomic E-state index is -4.23. The molecule has 0 amide bonds. The first-order valence-corrected chi connectivity index (χ1v) is 12.5. The van der Waals surface area contributed by atoms with E-state index in [-0.39, 0.29) is 17.0 Å². The molecule has 4 N–H and O–H groups in total. The van der Waals surface area contributed by atoms with Gasteiger partial charge in [-0.05, 0) is 27.7 Å². The molecule has 36 heavy (non-hydrogen) atoms. The lowest BCUT2D eigenvalue weighted by Gasteiger charge is -2.30. The summed E-state index contributed by atoms with van der Waals surface area (Å²) in [6, 6.07) is -1.09. The number of imidazole rings is 1. The fourth-order valence-corrected chi connectivity index (χ4v) is 5.13. The fraction of sp³-hybridized carbons (Fsp3) is 0.632. The average Bonchev–Trinajstić information content (AvgIpc) is 3.31. The van der Waals surface area contributed by atoms with E-state index in [2.05, 4.69) is 20.0 Å². The molecule has 0 saturated carbocycles. The average molecular weight is 530 g/mol. The van der Waals surface area contributed by atoms with Crippen molar-refractivity contribution in [3.8, 4) is 0 Å². The highest BCUT2D eigenvalue weighted by Crippen LogP contribution is 2.48. The van der Waals surface area contributed by atoms with Gasteiger partial charge in [-0.3, -0.25) is 18.4 Å². The molecule has 4 heterocycles. The minimum Gasteiger partial charge on any atom is -0.462 e. The summed E-state index contributed by atoms with van der Waals surface area (Å²) in [4.78, 5) is 36.6. The van der Waals surface area contributed by atoms with Crippen LogP contribution in [0.4, 0.5) is 10.6 Å². The summed E-state index contributed by atoms with van der Waals surface area (Å²) in [5.41, 5.74) is 4.52. The van der Waals surface area contributed by atoms with Gasteiger partial charge in [0.2, 0.25) is 6.79 Å². The number of rotatable bonds is 5. The molecule has 198 valence electrons. The van der Waals surface area contributed by atoms with Crippen LogP contribution in [0.15, 0.2) is 12.7 Å². The topological polar surface area (TPSA) is 208 Å². The molecule has 3 unspecified atom stereocenters. The van der Waals surface area contributed by atoms with Gasteiger partial charge in [0.25, 0.3) is 0 Å². The van der Waals surface area contributed by atoms with Crippen molar-refractivity contribution in [1.29, 1.82) is 0 Å². The Balaban J connectivity index is 1.59. The second-order valence-electron chi connectivity index (χ2n) is 8.65. The van der Waals surface area contributed by atoms with Crippen molar-refractivity contribution in [2.75, 3.05) is 19.1 Å². The molecule has 17 heteroatoms. The van der Waals surface area contributed by atoms with E-state index < -0.39 is 69.5 Å². The van der Waals surface area contributed by atoms with Crippen molar-refractivity contribution < 1.29 is 47.3 Å². The zero-order valence-electron chi connectivity index (χ0n) is 19.9. The molecule has 0 aromatic carbocycles. The van der Waals surface area contributed by atoms with Gasteiger partial charge < -0.3 is 29.8 Å². The number of aliphatic hydroxyl groups is 1. The van der Waals surface area contributed by atoms with Gasteiger partial charge in [-0.25, -0.2) is 29.4 Å². The number of esters is 1. The van der Waals surface area contributed by atoms with Crippen molar-refractivity contribution in [3.05, 3.63) is 12.7 Å². The van der Waals surface area contributed by atoms with E-state index in [0.717, 1.165) is 0 Å². The quantitative estimate of drug-likeness (QED) is 0.357. The Kier molecular flexibility index (Phi) is 7.19. The smallest absolute Gasteiger partial charge is 0.462 e. The van der Waals surface area contributed by atoms with Crippen LogP contribution in [0.5, 0.6) is 0 Å². The first-order valence-electron chi connectivity index (χ1n) is 10.9. The Morgan fingerprint density at radius 2 is 2.08 bits per heavy atom. The molecule has 4 rings (SSSR count). The van der Waals surface area contributed by atoms with E-state index in [0.29, 0.717) is 0 Å². The summed E-state index contributed by atoms with van der Waals surface area (Å²) >= 11 is 0. The Labute approximate surface area is 204 Å². The van der Waals surface area contributed by atoms with Gasteiger partial charge >= 0.3 is 19.9 Å². The summed E-state index contributed by atoms with van der Waals surface area (Å²) in [7, 11) is -4.23. The number of nitrogen functional groups attached to an aromatic ring is 1. The molecular formula is C19H27N6O10P. The lowest BCUT2D eigenvalue weighted by molar-refractivity contribution is -0.149. The Morgan fingerprint density at radius 3 is 2.81 bits per heavy atom. The number of carbonyl (C=O) groups is 2. The number of ether oxygens (including phenoxy) is 4. The molecule has 0 bridgehead atoms. The predicted octanol–water partition coefficient (Wildman–Crippen LogP) is 0.621. The number of nitrogens with one attached hydrogen (secondary N) is 1. The molecule has 2 aromatic heterocycles. The highest BCUT2D eigenvalue weighted by atomic mass is 31.2. The summed E-state index contributed by atoms with van der Waals surface area (Å²) in [5.74, 6) is -0.580. The van der Waals surface area contributed by atoms with Crippen LogP contribution >= 0.6 is 7.75 Å². The monoisotopic (exact) mass is 530 g/mol. The molecule has 0 aliphatic carbocycles. The zero-order chi connectivity index (χ0) is 26.3. The normalized spacial score (nSPS) is 31.9. The van der Waals surface area contributed by atoms with E-state index >= 15 is 0 Å². The van der Waals surface area contributed by atoms with Gasteiger partial charge in [-0.2, -0.15) is 0 Å². The summed E-state index contributed by atoms with van der Waals surface area (Å²) < 4.78 is 46.4.